The van der Waals surface area contributed by atoms with Gasteiger partial charge in [0.1, 0.15) is 0 Å². The van der Waals surface area contributed by atoms with Crippen molar-refractivity contribution in [3.8, 4) is 0 Å². The third-order valence-corrected chi connectivity index (χ3v) is 5.15. The van der Waals surface area contributed by atoms with Crippen LogP contribution in [0.2, 0.25) is 0 Å². The topological polar surface area (TPSA) is 93.4 Å². The monoisotopic (exact) mass is 344 g/mol. The average Bonchev–Trinajstić information content (AvgIpc) is 2.98. The molecule has 8 heteroatoms. The van der Waals surface area contributed by atoms with Gasteiger partial charge >= 0.3 is 0 Å². The molecule has 0 amide bonds. The summed E-state index contributed by atoms with van der Waals surface area (Å²) >= 11 is 0. The van der Waals surface area contributed by atoms with E-state index in [1.807, 2.05) is 12.1 Å². The summed E-state index contributed by atoms with van der Waals surface area (Å²) in [5, 5.41) is 8.06. The van der Waals surface area contributed by atoms with Crippen LogP contribution < -0.4 is 4.72 Å². The van der Waals surface area contributed by atoms with Crippen LogP contribution in [0.15, 0.2) is 53.6 Å². The van der Waals surface area contributed by atoms with E-state index in [1.54, 1.807) is 35.7 Å². The quantitative estimate of drug-likeness (QED) is 0.714. The van der Waals surface area contributed by atoms with E-state index in [2.05, 4.69) is 14.9 Å². The first kappa shape index (κ1) is 16.3. The van der Waals surface area contributed by atoms with Crippen molar-refractivity contribution < 1.29 is 13.2 Å². The molecule has 1 aromatic carbocycles. The Morgan fingerprint density at radius 3 is 2.71 bits per heavy atom. The number of Topliss-reactive ketones (excluding diaryl/α,β-unsaturated/α-hetero) is 1. The number of pyridine rings is 1. The first-order valence-corrected chi connectivity index (χ1v) is 8.80. The van der Waals surface area contributed by atoms with Gasteiger partial charge in [-0.25, -0.2) is 13.1 Å². The smallest absolute Gasteiger partial charge is 0.241 e. The van der Waals surface area contributed by atoms with E-state index in [0.29, 0.717) is 17.0 Å². The SMILES string of the molecule is CC(=O)c1cccc(S(=O)(=O)NC(C)c2nnc3ccccn23)c1. The highest BCUT2D eigenvalue weighted by Crippen LogP contribution is 2.17. The van der Waals surface area contributed by atoms with Crippen molar-refractivity contribution in [2.75, 3.05) is 0 Å². The van der Waals surface area contributed by atoms with Gasteiger partial charge in [0.05, 0.1) is 10.9 Å². The normalized spacial score (nSPS) is 13.1. The van der Waals surface area contributed by atoms with Crippen molar-refractivity contribution in [1.82, 2.24) is 19.3 Å². The van der Waals surface area contributed by atoms with Gasteiger partial charge in [-0.3, -0.25) is 9.20 Å². The van der Waals surface area contributed by atoms with E-state index >= 15 is 0 Å². The molecule has 1 unspecified atom stereocenters. The zero-order valence-electron chi connectivity index (χ0n) is 13.2. The molecular formula is C16H16N4O3S. The molecule has 24 heavy (non-hydrogen) atoms. The lowest BCUT2D eigenvalue weighted by Gasteiger charge is -2.13. The standard InChI is InChI=1S/C16H16N4O3S/c1-11(16-18-17-15-8-3-4-9-20(15)16)19-24(22,23)14-7-5-6-13(10-14)12(2)21/h3-11,19H,1-2H3. The maximum absolute atomic E-state index is 12.6. The molecule has 1 N–H and O–H groups in total. The van der Waals surface area contributed by atoms with E-state index in [9.17, 15) is 13.2 Å². The third kappa shape index (κ3) is 3.06. The van der Waals surface area contributed by atoms with E-state index in [1.165, 1.54) is 19.1 Å². The number of benzene rings is 1. The Morgan fingerprint density at radius 1 is 1.17 bits per heavy atom. The number of carbonyl (C=O) groups excluding carboxylic acids is 1. The first-order chi connectivity index (χ1) is 11.4. The molecule has 2 heterocycles. The van der Waals surface area contributed by atoms with Gasteiger partial charge in [0.15, 0.2) is 17.3 Å². The van der Waals surface area contributed by atoms with Gasteiger partial charge in [0.2, 0.25) is 10.0 Å². The lowest BCUT2D eigenvalue weighted by atomic mass is 10.2. The number of ketones is 1. The second-order valence-electron chi connectivity index (χ2n) is 5.41. The minimum Gasteiger partial charge on any atom is -0.295 e. The molecule has 0 saturated heterocycles. The Hall–Kier alpha value is -2.58. The average molecular weight is 344 g/mol. The Kier molecular flexibility index (Phi) is 4.16. The highest BCUT2D eigenvalue weighted by molar-refractivity contribution is 7.89. The van der Waals surface area contributed by atoms with Gasteiger partial charge in [-0.2, -0.15) is 0 Å². The molecule has 3 aromatic rings. The van der Waals surface area contributed by atoms with E-state index in [0.717, 1.165) is 0 Å². The Morgan fingerprint density at radius 2 is 1.96 bits per heavy atom. The lowest BCUT2D eigenvalue weighted by Crippen LogP contribution is -2.28. The van der Waals surface area contributed by atoms with E-state index in [4.69, 9.17) is 0 Å². The molecule has 0 fully saturated rings. The number of nitrogens with zero attached hydrogens (tertiary/aromatic N) is 3. The molecule has 0 aliphatic rings. The summed E-state index contributed by atoms with van der Waals surface area (Å²) in [6.07, 6.45) is 1.77. The molecule has 0 aliphatic carbocycles. The Bertz CT molecular complexity index is 1010. The lowest BCUT2D eigenvalue weighted by molar-refractivity contribution is 0.101. The number of sulfonamides is 1. The van der Waals surface area contributed by atoms with Crippen LogP contribution in [0.1, 0.15) is 36.1 Å². The van der Waals surface area contributed by atoms with Crippen molar-refractivity contribution in [3.63, 3.8) is 0 Å². The van der Waals surface area contributed by atoms with Crippen LogP contribution in [-0.2, 0) is 10.0 Å². The zero-order valence-corrected chi connectivity index (χ0v) is 14.0. The molecule has 2 aromatic heterocycles. The highest BCUT2D eigenvalue weighted by Gasteiger charge is 2.22. The van der Waals surface area contributed by atoms with Crippen LogP contribution in [-0.4, -0.2) is 28.8 Å². The van der Waals surface area contributed by atoms with Crippen LogP contribution in [0, 0.1) is 0 Å². The fourth-order valence-corrected chi connectivity index (χ4v) is 3.64. The molecule has 0 aliphatic heterocycles. The summed E-state index contributed by atoms with van der Waals surface area (Å²) in [6.45, 7) is 3.08. The summed E-state index contributed by atoms with van der Waals surface area (Å²) in [5.41, 5.74) is 0.982. The van der Waals surface area contributed by atoms with Crippen molar-refractivity contribution in [2.24, 2.45) is 0 Å². The second kappa shape index (κ2) is 6.14. The van der Waals surface area contributed by atoms with Crippen molar-refractivity contribution in [3.05, 3.63) is 60.0 Å². The van der Waals surface area contributed by atoms with Gasteiger partial charge < -0.3 is 0 Å². The van der Waals surface area contributed by atoms with Crippen molar-refractivity contribution >= 4 is 21.5 Å². The summed E-state index contributed by atoms with van der Waals surface area (Å²) < 4.78 is 29.4. The molecule has 0 spiro atoms. The molecule has 0 saturated carbocycles. The van der Waals surface area contributed by atoms with Gasteiger partial charge in [-0.1, -0.05) is 18.2 Å². The third-order valence-electron chi connectivity index (χ3n) is 3.61. The second-order valence-corrected chi connectivity index (χ2v) is 7.13. The minimum absolute atomic E-state index is 0.0378. The predicted octanol–water partition coefficient (Wildman–Crippen LogP) is 1.97. The first-order valence-electron chi connectivity index (χ1n) is 7.31. The number of fused-ring (bicyclic) bond motifs is 1. The molecular weight excluding hydrogens is 328 g/mol. The maximum atomic E-state index is 12.6. The van der Waals surface area contributed by atoms with Crippen LogP contribution in [0.5, 0.6) is 0 Å². The van der Waals surface area contributed by atoms with Crippen molar-refractivity contribution in [1.29, 1.82) is 0 Å². The minimum atomic E-state index is -3.79. The Balaban J connectivity index is 1.91. The summed E-state index contributed by atoms with van der Waals surface area (Å²) in [5.74, 6) is 0.292. The van der Waals surface area contributed by atoms with Crippen LogP contribution in [0.4, 0.5) is 0 Å². The summed E-state index contributed by atoms with van der Waals surface area (Å²) in [4.78, 5) is 11.5. The number of rotatable bonds is 5. The molecule has 3 rings (SSSR count). The predicted molar refractivity (Wildman–Crippen MR) is 88.2 cm³/mol. The number of hydrogen-bond donors (Lipinski definition) is 1. The van der Waals surface area contributed by atoms with Gasteiger partial charge in [-0.05, 0) is 38.1 Å². The Labute approximate surface area is 139 Å². The molecule has 124 valence electrons. The largest absolute Gasteiger partial charge is 0.295 e. The molecule has 1 atom stereocenters. The van der Waals surface area contributed by atoms with Crippen LogP contribution >= 0.6 is 0 Å². The van der Waals surface area contributed by atoms with Crippen molar-refractivity contribution in [2.45, 2.75) is 24.8 Å². The van der Waals surface area contributed by atoms with Crippen LogP contribution in [0.3, 0.4) is 0 Å². The van der Waals surface area contributed by atoms with Crippen LogP contribution in [0.25, 0.3) is 5.65 Å². The maximum Gasteiger partial charge on any atom is 0.241 e. The summed E-state index contributed by atoms with van der Waals surface area (Å²) in [6, 6.07) is 10.8. The van der Waals surface area contributed by atoms with Gasteiger partial charge in [-0.15, -0.1) is 10.2 Å². The number of aromatic nitrogens is 3. The highest BCUT2D eigenvalue weighted by atomic mass is 32.2. The number of nitrogens with one attached hydrogen (secondary N) is 1. The van der Waals surface area contributed by atoms with Gasteiger partial charge in [0, 0.05) is 11.8 Å². The van der Waals surface area contributed by atoms with Gasteiger partial charge in [0.25, 0.3) is 0 Å². The zero-order chi connectivity index (χ0) is 17.3. The molecule has 0 radical (unpaired) electrons. The number of carbonyl (C=O) groups is 1. The molecule has 0 bridgehead atoms. The molecule has 7 nitrogen and oxygen atoms in total. The van der Waals surface area contributed by atoms with E-state index in [-0.39, 0.29) is 10.7 Å². The fourth-order valence-electron chi connectivity index (χ4n) is 2.39. The fraction of sp³-hybridized carbons (Fsp3) is 0.188. The van der Waals surface area contributed by atoms with E-state index < -0.39 is 16.1 Å². The summed E-state index contributed by atoms with van der Waals surface area (Å²) in [7, 11) is -3.79. The number of hydrogen-bond acceptors (Lipinski definition) is 5.